The van der Waals surface area contributed by atoms with Crippen molar-refractivity contribution >= 4 is 28.8 Å². The summed E-state index contributed by atoms with van der Waals surface area (Å²) < 4.78 is 10.7. The molecule has 4 rings (SSSR count). The number of amides is 1. The minimum Gasteiger partial charge on any atom is -0.507 e. The number of likely N-dealkylation sites (tertiary alicyclic amines) is 1. The number of Topliss-reactive ketones (excluding diaryl/α,β-unsaturated/α-hetero) is 1. The van der Waals surface area contributed by atoms with Crippen LogP contribution in [0.2, 0.25) is 0 Å². The highest BCUT2D eigenvalue weighted by molar-refractivity contribution is 7.10. The molecule has 1 aromatic carbocycles. The van der Waals surface area contributed by atoms with Gasteiger partial charge in [-0.15, -0.1) is 11.3 Å². The van der Waals surface area contributed by atoms with Gasteiger partial charge in [-0.05, 0) is 48.6 Å². The van der Waals surface area contributed by atoms with Crippen LogP contribution in [-0.4, -0.2) is 73.1 Å². The first kappa shape index (κ1) is 22.5. The van der Waals surface area contributed by atoms with E-state index < -0.39 is 17.7 Å². The Bertz CT molecular complexity index is 1010. The highest BCUT2D eigenvalue weighted by Gasteiger charge is 2.46. The molecule has 1 N–H and O–H groups in total. The van der Waals surface area contributed by atoms with Crippen LogP contribution in [-0.2, 0) is 14.3 Å². The first-order valence-electron chi connectivity index (χ1n) is 10.8. The van der Waals surface area contributed by atoms with E-state index in [2.05, 4.69) is 4.90 Å². The molecular weight excluding hydrogens is 428 g/mol. The standard InChI is InChI=1S/C24H28N2O5S/c1-16-15-17(6-7-18(16)30-2)22(27)20-21(19-5-3-14-32-19)26(24(29)23(20)28)9-4-8-25-10-12-31-13-11-25/h3,5-7,14-15,21,27H,4,8-13H2,1-2H3/b22-20+. The van der Waals surface area contributed by atoms with Gasteiger partial charge in [-0.1, -0.05) is 6.07 Å². The summed E-state index contributed by atoms with van der Waals surface area (Å²) in [5.41, 5.74) is 1.48. The van der Waals surface area contributed by atoms with Gasteiger partial charge < -0.3 is 19.5 Å². The van der Waals surface area contributed by atoms with Crippen LogP contribution in [0.5, 0.6) is 5.75 Å². The van der Waals surface area contributed by atoms with Crippen LogP contribution in [0.1, 0.15) is 28.5 Å². The zero-order valence-corrected chi connectivity index (χ0v) is 19.2. The van der Waals surface area contributed by atoms with E-state index in [1.807, 2.05) is 24.4 Å². The number of aliphatic hydroxyl groups excluding tert-OH is 1. The van der Waals surface area contributed by atoms with Gasteiger partial charge in [-0.3, -0.25) is 14.5 Å². The lowest BCUT2D eigenvalue weighted by atomic mass is 9.98. The van der Waals surface area contributed by atoms with Crippen LogP contribution >= 0.6 is 11.3 Å². The maximum atomic E-state index is 13.1. The molecule has 2 aliphatic rings. The number of ketones is 1. The second-order valence-electron chi connectivity index (χ2n) is 8.00. The predicted octanol–water partition coefficient (Wildman–Crippen LogP) is 3.21. The highest BCUT2D eigenvalue weighted by atomic mass is 32.1. The molecule has 0 aliphatic carbocycles. The largest absolute Gasteiger partial charge is 0.507 e. The van der Waals surface area contributed by atoms with Crippen molar-refractivity contribution in [2.24, 2.45) is 0 Å². The van der Waals surface area contributed by atoms with Crippen molar-refractivity contribution in [1.29, 1.82) is 0 Å². The molecule has 170 valence electrons. The number of carbonyl (C=O) groups is 2. The molecule has 0 radical (unpaired) electrons. The van der Waals surface area contributed by atoms with E-state index in [4.69, 9.17) is 9.47 Å². The number of hydrogen-bond acceptors (Lipinski definition) is 7. The van der Waals surface area contributed by atoms with Crippen LogP contribution in [0.25, 0.3) is 5.76 Å². The maximum Gasteiger partial charge on any atom is 0.295 e. The van der Waals surface area contributed by atoms with Crippen molar-refractivity contribution in [2.75, 3.05) is 46.5 Å². The summed E-state index contributed by atoms with van der Waals surface area (Å²) in [6.07, 6.45) is 0.747. The Labute approximate surface area is 191 Å². The average molecular weight is 457 g/mol. The lowest BCUT2D eigenvalue weighted by Crippen LogP contribution is -2.38. The van der Waals surface area contributed by atoms with Gasteiger partial charge in [0.25, 0.3) is 11.7 Å². The van der Waals surface area contributed by atoms with Crippen molar-refractivity contribution < 1.29 is 24.2 Å². The van der Waals surface area contributed by atoms with E-state index in [1.54, 1.807) is 30.2 Å². The summed E-state index contributed by atoms with van der Waals surface area (Å²) in [6, 6.07) is 8.45. The number of ether oxygens (including phenoxy) is 2. The Kier molecular flexibility index (Phi) is 6.93. The van der Waals surface area contributed by atoms with Crippen LogP contribution < -0.4 is 4.74 Å². The molecule has 1 aromatic heterocycles. The molecular formula is C24H28N2O5S. The zero-order valence-electron chi connectivity index (χ0n) is 18.4. The van der Waals surface area contributed by atoms with Gasteiger partial charge in [0.15, 0.2) is 0 Å². The molecule has 8 heteroatoms. The van der Waals surface area contributed by atoms with Gasteiger partial charge in [0.05, 0.1) is 31.9 Å². The molecule has 1 amide bonds. The first-order chi connectivity index (χ1) is 15.5. The van der Waals surface area contributed by atoms with Crippen molar-refractivity contribution in [3.8, 4) is 5.75 Å². The number of rotatable bonds is 7. The summed E-state index contributed by atoms with van der Waals surface area (Å²) in [7, 11) is 1.58. The number of carbonyl (C=O) groups excluding carboxylic acids is 2. The van der Waals surface area contributed by atoms with E-state index >= 15 is 0 Å². The first-order valence-corrected chi connectivity index (χ1v) is 11.7. The fourth-order valence-corrected chi connectivity index (χ4v) is 5.17. The summed E-state index contributed by atoms with van der Waals surface area (Å²) >= 11 is 1.48. The summed E-state index contributed by atoms with van der Waals surface area (Å²) in [4.78, 5) is 30.8. The van der Waals surface area contributed by atoms with E-state index in [0.29, 0.717) is 17.9 Å². The fourth-order valence-electron chi connectivity index (χ4n) is 4.32. The normalized spacial score (nSPS) is 21.3. The molecule has 7 nitrogen and oxygen atoms in total. The Morgan fingerprint density at radius 1 is 1.22 bits per heavy atom. The van der Waals surface area contributed by atoms with Gasteiger partial charge in [-0.2, -0.15) is 0 Å². The number of benzene rings is 1. The van der Waals surface area contributed by atoms with Crippen LogP contribution in [0.3, 0.4) is 0 Å². The minimum atomic E-state index is -0.638. The van der Waals surface area contributed by atoms with Crippen molar-refractivity contribution in [2.45, 2.75) is 19.4 Å². The van der Waals surface area contributed by atoms with E-state index in [-0.39, 0.29) is 11.3 Å². The Balaban J connectivity index is 1.63. The number of morpholine rings is 1. The number of methoxy groups -OCH3 is 1. The van der Waals surface area contributed by atoms with E-state index in [9.17, 15) is 14.7 Å². The zero-order chi connectivity index (χ0) is 22.7. The van der Waals surface area contributed by atoms with Crippen LogP contribution in [0.15, 0.2) is 41.3 Å². The SMILES string of the molecule is COc1ccc(/C(O)=C2\C(=O)C(=O)N(CCCN3CCOCC3)C2c2cccs2)cc1C. The third-order valence-corrected chi connectivity index (χ3v) is 6.92. The molecule has 2 aliphatic heterocycles. The third-order valence-electron chi connectivity index (χ3n) is 6.00. The molecule has 2 aromatic rings. The number of hydrogen-bond donors (Lipinski definition) is 1. The molecule has 0 saturated carbocycles. The summed E-state index contributed by atoms with van der Waals surface area (Å²) in [5, 5.41) is 13.1. The Morgan fingerprint density at radius 2 is 2.00 bits per heavy atom. The van der Waals surface area contributed by atoms with Gasteiger partial charge in [0.2, 0.25) is 0 Å². The number of aliphatic hydroxyl groups is 1. The van der Waals surface area contributed by atoms with Crippen molar-refractivity contribution in [1.82, 2.24) is 9.80 Å². The lowest BCUT2D eigenvalue weighted by Gasteiger charge is -2.28. The van der Waals surface area contributed by atoms with Crippen LogP contribution in [0, 0.1) is 6.92 Å². The Morgan fingerprint density at radius 3 is 2.66 bits per heavy atom. The number of thiophene rings is 1. The van der Waals surface area contributed by atoms with E-state index in [1.165, 1.54) is 11.3 Å². The monoisotopic (exact) mass is 456 g/mol. The number of aryl methyl sites for hydroxylation is 1. The van der Waals surface area contributed by atoms with E-state index in [0.717, 1.165) is 49.7 Å². The van der Waals surface area contributed by atoms with Gasteiger partial charge >= 0.3 is 0 Å². The lowest BCUT2D eigenvalue weighted by molar-refractivity contribution is -0.140. The minimum absolute atomic E-state index is 0.147. The summed E-state index contributed by atoms with van der Waals surface area (Å²) in [6.45, 7) is 6.36. The summed E-state index contributed by atoms with van der Waals surface area (Å²) in [5.74, 6) is -0.652. The second-order valence-corrected chi connectivity index (χ2v) is 8.98. The fraction of sp³-hybridized carbons (Fsp3) is 0.417. The van der Waals surface area contributed by atoms with Crippen molar-refractivity contribution in [3.05, 3.63) is 57.3 Å². The quantitative estimate of drug-likeness (QED) is 0.392. The smallest absolute Gasteiger partial charge is 0.295 e. The van der Waals surface area contributed by atoms with Gasteiger partial charge in [0.1, 0.15) is 11.5 Å². The Hall–Kier alpha value is -2.68. The molecule has 2 saturated heterocycles. The molecule has 0 spiro atoms. The predicted molar refractivity (Wildman–Crippen MR) is 123 cm³/mol. The highest BCUT2D eigenvalue weighted by Crippen LogP contribution is 2.41. The topological polar surface area (TPSA) is 79.3 Å². The molecule has 32 heavy (non-hydrogen) atoms. The second kappa shape index (κ2) is 9.85. The number of nitrogens with zero attached hydrogens (tertiary/aromatic N) is 2. The molecule has 3 heterocycles. The van der Waals surface area contributed by atoms with Crippen molar-refractivity contribution in [3.63, 3.8) is 0 Å². The molecule has 0 bridgehead atoms. The van der Waals surface area contributed by atoms with Gasteiger partial charge in [0, 0.05) is 36.6 Å². The third kappa shape index (κ3) is 4.44. The molecule has 2 fully saturated rings. The van der Waals surface area contributed by atoms with Gasteiger partial charge in [-0.25, -0.2) is 0 Å². The maximum absolute atomic E-state index is 13.1. The van der Waals surface area contributed by atoms with Crippen LogP contribution in [0.4, 0.5) is 0 Å². The molecule has 1 atom stereocenters. The molecule has 1 unspecified atom stereocenters. The average Bonchev–Trinajstić information content (AvgIpc) is 3.42.